The van der Waals surface area contributed by atoms with Crippen molar-refractivity contribution in [1.82, 2.24) is 4.90 Å². The van der Waals surface area contributed by atoms with Gasteiger partial charge in [0.15, 0.2) is 0 Å². The second kappa shape index (κ2) is 6.16. The molecule has 0 saturated heterocycles. The molecule has 0 bridgehead atoms. The summed E-state index contributed by atoms with van der Waals surface area (Å²) in [5.74, 6) is -0.0284. The average Bonchev–Trinajstić information content (AvgIpc) is 2.56. The van der Waals surface area contributed by atoms with Gasteiger partial charge in [-0.3, -0.25) is 4.79 Å². The van der Waals surface area contributed by atoms with Crippen LogP contribution in [0.3, 0.4) is 0 Å². The van der Waals surface area contributed by atoms with Crippen LogP contribution in [0.5, 0.6) is 0 Å². The van der Waals surface area contributed by atoms with Crippen molar-refractivity contribution in [2.24, 2.45) is 0 Å². The highest BCUT2D eigenvalue weighted by Gasteiger charge is 2.25. The van der Waals surface area contributed by atoms with Crippen molar-refractivity contribution in [3.05, 3.63) is 77.4 Å². The average molecular weight is 293 g/mol. The molecule has 0 fully saturated rings. The Kier molecular flexibility index (Phi) is 4.07. The number of rotatable bonds is 2. The molecule has 0 aliphatic carbocycles. The van der Waals surface area contributed by atoms with Crippen molar-refractivity contribution >= 4 is 11.6 Å². The minimum Gasteiger partial charge on any atom is -0.389 e. The van der Waals surface area contributed by atoms with Crippen LogP contribution >= 0.6 is 0 Å². The Bertz CT molecular complexity index is 689. The molecule has 3 heteroatoms. The van der Waals surface area contributed by atoms with E-state index in [0.29, 0.717) is 18.5 Å². The zero-order chi connectivity index (χ0) is 15.5. The van der Waals surface area contributed by atoms with Crippen molar-refractivity contribution in [1.29, 1.82) is 0 Å². The summed E-state index contributed by atoms with van der Waals surface area (Å²) in [6.07, 6.45) is 1.83. The largest absolute Gasteiger partial charge is 0.389 e. The number of amides is 1. The zero-order valence-electron chi connectivity index (χ0n) is 12.6. The van der Waals surface area contributed by atoms with E-state index in [2.05, 4.69) is 0 Å². The number of benzene rings is 2. The smallest absolute Gasteiger partial charge is 0.258 e. The molecule has 0 saturated carbocycles. The van der Waals surface area contributed by atoms with Crippen LogP contribution in [0.25, 0.3) is 5.70 Å². The number of carbonyl (C=O) groups excluding carboxylic acids is 1. The number of aliphatic hydroxyl groups excluding tert-OH is 1. The number of aliphatic hydroxyl groups is 1. The van der Waals surface area contributed by atoms with Crippen LogP contribution in [0, 0.1) is 6.92 Å². The topological polar surface area (TPSA) is 40.5 Å². The van der Waals surface area contributed by atoms with Crippen LogP contribution in [0.15, 0.2) is 60.7 Å². The van der Waals surface area contributed by atoms with E-state index < -0.39 is 6.10 Å². The molecule has 0 aromatic heterocycles. The van der Waals surface area contributed by atoms with Gasteiger partial charge in [0.1, 0.15) is 0 Å². The predicted octanol–water partition coefficient (Wildman–Crippen LogP) is 3.24. The lowest BCUT2D eigenvalue weighted by atomic mass is 10.0. The summed E-state index contributed by atoms with van der Waals surface area (Å²) < 4.78 is 0. The van der Waals surface area contributed by atoms with E-state index in [0.717, 1.165) is 11.3 Å². The monoisotopic (exact) mass is 293 g/mol. The Labute approximate surface area is 130 Å². The third kappa shape index (κ3) is 2.95. The van der Waals surface area contributed by atoms with Crippen LogP contribution in [0.1, 0.15) is 27.9 Å². The highest BCUT2D eigenvalue weighted by Crippen LogP contribution is 2.27. The molecule has 3 nitrogen and oxygen atoms in total. The van der Waals surface area contributed by atoms with E-state index in [4.69, 9.17) is 0 Å². The van der Waals surface area contributed by atoms with E-state index in [1.807, 2.05) is 61.5 Å². The molecule has 2 aromatic rings. The van der Waals surface area contributed by atoms with Gasteiger partial charge >= 0.3 is 0 Å². The number of hydrogen-bond donors (Lipinski definition) is 1. The molecule has 22 heavy (non-hydrogen) atoms. The minimum atomic E-state index is -0.504. The Hall–Kier alpha value is -2.39. The molecule has 1 atom stereocenters. The third-order valence-corrected chi connectivity index (χ3v) is 3.90. The predicted molar refractivity (Wildman–Crippen MR) is 87.3 cm³/mol. The number of aryl methyl sites for hydroxylation is 1. The first-order chi connectivity index (χ1) is 10.6. The van der Waals surface area contributed by atoms with Gasteiger partial charge in [0.05, 0.1) is 6.10 Å². The molecule has 0 unspecified atom stereocenters. The van der Waals surface area contributed by atoms with Gasteiger partial charge in [-0.1, -0.05) is 48.0 Å². The summed E-state index contributed by atoms with van der Waals surface area (Å²) in [7, 11) is 0. The van der Waals surface area contributed by atoms with E-state index >= 15 is 0 Å². The quantitative estimate of drug-likeness (QED) is 0.923. The van der Waals surface area contributed by atoms with E-state index in [-0.39, 0.29) is 5.91 Å². The molecular formula is C19H19NO2. The van der Waals surface area contributed by atoms with Gasteiger partial charge in [0, 0.05) is 17.8 Å². The van der Waals surface area contributed by atoms with Gasteiger partial charge in [-0.2, -0.15) is 0 Å². The molecule has 0 spiro atoms. The van der Waals surface area contributed by atoms with Gasteiger partial charge in [0.25, 0.3) is 5.91 Å². The first kappa shape index (κ1) is 14.5. The normalized spacial score (nSPS) is 18.0. The van der Waals surface area contributed by atoms with E-state index in [9.17, 15) is 9.90 Å². The second-order valence-corrected chi connectivity index (χ2v) is 5.60. The van der Waals surface area contributed by atoms with Gasteiger partial charge in [-0.15, -0.1) is 0 Å². The summed E-state index contributed by atoms with van der Waals surface area (Å²) in [6.45, 7) is 2.55. The lowest BCUT2D eigenvalue weighted by molar-refractivity contribution is 0.0804. The molecule has 112 valence electrons. The Morgan fingerprint density at radius 1 is 1.09 bits per heavy atom. The number of carbonyl (C=O) groups is 1. The maximum atomic E-state index is 12.8. The number of nitrogens with zero attached hydrogens (tertiary/aromatic N) is 1. The van der Waals surface area contributed by atoms with E-state index in [1.165, 1.54) is 5.56 Å². The van der Waals surface area contributed by atoms with Gasteiger partial charge in [-0.05, 0) is 37.1 Å². The standard InChI is InChI=1S/C19H19NO2/c1-14-7-9-15(10-8-14)18-13-17(21)11-12-20(18)19(22)16-5-3-2-4-6-16/h2-10,13,17,21H,11-12H2,1H3/t17-/m0/s1. The molecule has 1 N–H and O–H groups in total. The molecule has 2 aromatic carbocycles. The van der Waals surface area contributed by atoms with Crippen molar-refractivity contribution in [2.75, 3.05) is 6.54 Å². The highest BCUT2D eigenvalue weighted by molar-refractivity contribution is 5.99. The summed E-state index contributed by atoms with van der Waals surface area (Å²) in [5, 5.41) is 9.95. The molecular weight excluding hydrogens is 274 g/mol. The molecule has 1 amide bonds. The molecule has 3 rings (SSSR count). The lowest BCUT2D eigenvalue weighted by Crippen LogP contribution is -2.36. The van der Waals surface area contributed by atoms with Crippen LogP contribution < -0.4 is 0 Å². The van der Waals surface area contributed by atoms with Crippen LogP contribution in [0.4, 0.5) is 0 Å². The summed E-state index contributed by atoms with van der Waals surface area (Å²) in [5.41, 5.74) is 3.57. The molecule has 0 radical (unpaired) electrons. The maximum absolute atomic E-state index is 12.8. The zero-order valence-corrected chi connectivity index (χ0v) is 12.6. The molecule has 1 aliphatic heterocycles. The highest BCUT2D eigenvalue weighted by atomic mass is 16.3. The number of hydrogen-bond acceptors (Lipinski definition) is 2. The second-order valence-electron chi connectivity index (χ2n) is 5.60. The van der Waals surface area contributed by atoms with Crippen LogP contribution in [-0.4, -0.2) is 28.6 Å². The summed E-state index contributed by atoms with van der Waals surface area (Å²) >= 11 is 0. The summed E-state index contributed by atoms with van der Waals surface area (Å²) in [4.78, 5) is 14.5. The molecule has 1 aliphatic rings. The lowest BCUT2D eigenvalue weighted by Gasteiger charge is -2.31. The van der Waals surface area contributed by atoms with Crippen molar-refractivity contribution in [3.8, 4) is 0 Å². The fourth-order valence-corrected chi connectivity index (χ4v) is 2.66. The SMILES string of the molecule is Cc1ccc(C2=C[C@@H](O)CCN2C(=O)c2ccccc2)cc1. The first-order valence-electron chi connectivity index (χ1n) is 7.49. The third-order valence-electron chi connectivity index (χ3n) is 3.90. The summed E-state index contributed by atoms with van der Waals surface area (Å²) in [6, 6.07) is 17.3. The Balaban J connectivity index is 1.97. The fraction of sp³-hybridized carbons (Fsp3) is 0.211. The van der Waals surface area contributed by atoms with E-state index in [1.54, 1.807) is 11.0 Å². The van der Waals surface area contributed by atoms with Crippen LogP contribution in [-0.2, 0) is 0 Å². The first-order valence-corrected chi connectivity index (χ1v) is 7.49. The minimum absolute atomic E-state index is 0.0284. The fourth-order valence-electron chi connectivity index (χ4n) is 2.66. The van der Waals surface area contributed by atoms with Gasteiger partial charge < -0.3 is 10.0 Å². The van der Waals surface area contributed by atoms with Crippen molar-refractivity contribution in [2.45, 2.75) is 19.4 Å². The van der Waals surface area contributed by atoms with Crippen molar-refractivity contribution in [3.63, 3.8) is 0 Å². The van der Waals surface area contributed by atoms with Crippen molar-refractivity contribution < 1.29 is 9.90 Å². The van der Waals surface area contributed by atoms with Gasteiger partial charge in [0.2, 0.25) is 0 Å². The van der Waals surface area contributed by atoms with Gasteiger partial charge in [-0.25, -0.2) is 0 Å². The Morgan fingerprint density at radius 3 is 2.45 bits per heavy atom. The Morgan fingerprint density at radius 2 is 1.77 bits per heavy atom. The molecule has 1 heterocycles. The maximum Gasteiger partial charge on any atom is 0.258 e. The van der Waals surface area contributed by atoms with Crippen LogP contribution in [0.2, 0.25) is 0 Å².